The highest BCUT2D eigenvalue weighted by atomic mass is 16.4. The van der Waals surface area contributed by atoms with E-state index < -0.39 is 0 Å². The van der Waals surface area contributed by atoms with Crippen molar-refractivity contribution in [1.29, 1.82) is 0 Å². The van der Waals surface area contributed by atoms with Gasteiger partial charge in [-0.2, -0.15) is 0 Å². The molecule has 0 saturated heterocycles. The lowest BCUT2D eigenvalue weighted by molar-refractivity contribution is 0.280. The van der Waals surface area contributed by atoms with Crippen molar-refractivity contribution in [1.82, 2.24) is 0 Å². The zero-order valence-electron chi connectivity index (χ0n) is 43.5. The Labute approximate surface area is 403 Å². The summed E-state index contributed by atoms with van der Waals surface area (Å²) in [6.07, 6.45) is 4.54. The van der Waals surface area contributed by atoms with Crippen LogP contribution >= 0.6 is 0 Å². The van der Waals surface area contributed by atoms with Gasteiger partial charge >= 0.3 is 0 Å². The molecule has 67 heavy (non-hydrogen) atoms. The maximum atomic E-state index is 7.76. The van der Waals surface area contributed by atoms with E-state index in [0.717, 1.165) is 30.9 Å². The zero-order valence-corrected chi connectivity index (χ0v) is 43.5. The van der Waals surface area contributed by atoms with E-state index in [1.165, 1.54) is 96.0 Å². The van der Waals surface area contributed by atoms with Gasteiger partial charge in [-0.15, -0.1) is 0 Å². The lowest BCUT2D eigenvalue weighted by Gasteiger charge is -2.46. The molecule has 0 spiro atoms. The number of para-hydroxylation sites is 1. The van der Waals surface area contributed by atoms with Crippen molar-refractivity contribution < 1.29 is 4.42 Å². The first-order chi connectivity index (χ1) is 31.3. The summed E-state index contributed by atoms with van der Waals surface area (Å²) in [4.78, 5) is 7.84. The molecule has 5 aliphatic rings. The molecular weight excluding hydrogens is 814 g/mol. The number of hydrogen-bond acceptors (Lipinski definition) is 4. The maximum absolute atomic E-state index is 7.76. The van der Waals surface area contributed by atoms with Crippen LogP contribution in [0.25, 0.3) is 0 Å². The average Bonchev–Trinajstić information content (AvgIpc) is 3.80. The minimum atomic E-state index is -0.119. The number of furan rings is 1. The Balaban J connectivity index is 1.30. The van der Waals surface area contributed by atoms with E-state index in [2.05, 4.69) is 223 Å². The molecule has 1 aromatic heterocycles. The zero-order chi connectivity index (χ0) is 47.7. The van der Waals surface area contributed by atoms with Gasteiger partial charge in [0.15, 0.2) is 5.88 Å². The molecule has 2 aliphatic carbocycles. The van der Waals surface area contributed by atoms with Crippen LogP contribution in [0.1, 0.15) is 182 Å². The predicted molar refractivity (Wildman–Crippen MR) is 287 cm³/mol. The fourth-order valence-corrected chi connectivity index (χ4v) is 13.0. The largest absolute Gasteiger partial charge is 0.444 e. The molecular formula is C62H74BN3O. The Morgan fingerprint density at radius 2 is 1.10 bits per heavy atom. The average molecular weight is 888 g/mol. The lowest BCUT2D eigenvalue weighted by Crippen LogP contribution is -2.63. The highest BCUT2D eigenvalue weighted by Crippen LogP contribution is 2.56. The van der Waals surface area contributed by atoms with Gasteiger partial charge in [0.1, 0.15) is 5.76 Å². The van der Waals surface area contributed by atoms with Gasteiger partial charge < -0.3 is 14.2 Å². The number of anilines is 8. The van der Waals surface area contributed by atoms with Gasteiger partial charge in [-0.05, 0) is 158 Å². The van der Waals surface area contributed by atoms with E-state index in [-0.39, 0.29) is 45.2 Å². The van der Waals surface area contributed by atoms with Crippen LogP contribution in [0.2, 0.25) is 0 Å². The third-order valence-corrected chi connectivity index (χ3v) is 17.6. The van der Waals surface area contributed by atoms with Crippen molar-refractivity contribution in [2.75, 3.05) is 14.7 Å². The monoisotopic (exact) mass is 888 g/mol. The van der Waals surface area contributed by atoms with Gasteiger partial charge in [-0.1, -0.05) is 152 Å². The third kappa shape index (κ3) is 6.51. The summed E-state index contributed by atoms with van der Waals surface area (Å²) in [6.45, 7) is 38.4. The molecule has 3 aliphatic heterocycles. The molecule has 0 saturated carbocycles. The number of fused-ring (bicyclic) bond motifs is 8. The first-order valence-electron chi connectivity index (χ1n) is 25.5. The molecule has 11 rings (SSSR count). The van der Waals surface area contributed by atoms with Crippen molar-refractivity contribution in [3.8, 4) is 0 Å². The Hall–Kier alpha value is -5.16. The molecule has 0 N–H and O–H groups in total. The molecule has 6 aromatic rings. The molecule has 4 heterocycles. The van der Waals surface area contributed by atoms with Crippen molar-refractivity contribution in [2.24, 2.45) is 0 Å². The topological polar surface area (TPSA) is 22.9 Å². The molecule has 5 heteroatoms. The molecule has 2 unspecified atom stereocenters. The Kier molecular flexibility index (Phi) is 9.41. The fraction of sp³-hybridized carbons (Fsp3) is 0.452. The lowest BCUT2D eigenvalue weighted by atomic mass is 9.32. The predicted octanol–water partition coefficient (Wildman–Crippen LogP) is 15.3. The van der Waals surface area contributed by atoms with E-state index in [4.69, 9.17) is 4.42 Å². The Morgan fingerprint density at radius 1 is 0.522 bits per heavy atom. The van der Waals surface area contributed by atoms with Crippen LogP contribution in [-0.2, 0) is 32.5 Å². The van der Waals surface area contributed by atoms with Crippen LogP contribution in [0, 0.1) is 0 Å². The van der Waals surface area contributed by atoms with E-state index in [0.29, 0.717) is 5.92 Å². The summed E-state index contributed by atoms with van der Waals surface area (Å²) in [7, 11) is 0. The fourth-order valence-electron chi connectivity index (χ4n) is 13.0. The molecule has 5 aromatic carbocycles. The van der Waals surface area contributed by atoms with Crippen LogP contribution in [0.3, 0.4) is 0 Å². The second-order valence-electron chi connectivity index (χ2n) is 26.1. The maximum Gasteiger partial charge on any atom is 0.256 e. The van der Waals surface area contributed by atoms with Crippen LogP contribution in [0.15, 0.2) is 101 Å². The minimum Gasteiger partial charge on any atom is -0.444 e. The second kappa shape index (κ2) is 14.2. The van der Waals surface area contributed by atoms with Crippen LogP contribution in [0.4, 0.5) is 45.7 Å². The van der Waals surface area contributed by atoms with Crippen molar-refractivity contribution in [3.63, 3.8) is 0 Å². The SMILES string of the molecule is CC1c2ccccc2N(c2cc3c4c(c2)N(c2ccc5c(c2)C(C)(C)CCC5(C)C)c2oc5c(c2B4c2cc(C(C)(C)C)ccc2N3c2ccc(C(C)(C)C)cc2)C(C)(C)CCC5(C)C)C1C. The van der Waals surface area contributed by atoms with Gasteiger partial charge in [-0.25, -0.2) is 0 Å². The Bertz CT molecular complexity index is 3000. The van der Waals surface area contributed by atoms with Gasteiger partial charge in [0.2, 0.25) is 0 Å². The van der Waals surface area contributed by atoms with Crippen LogP contribution in [0.5, 0.6) is 0 Å². The third-order valence-electron chi connectivity index (χ3n) is 17.6. The number of rotatable bonds is 3. The molecule has 0 radical (unpaired) electrons. The van der Waals surface area contributed by atoms with Crippen molar-refractivity contribution in [2.45, 2.75) is 181 Å². The molecule has 0 amide bonds. The molecule has 2 atom stereocenters. The summed E-state index contributed by atoms with van der Waals surface area (Å²) in [5.74, 6) is 2.54. The Morgan fingerprint density at radius 3 is 1.78 bits per heavy atom. The summed E-state index contributed by atoms with van der Waals surface area (Å²) < 4.78 is 7.76. The normalized spacial score (nSPS) is 21.6. The number of hydrogen-bond donors (Lipinski definition) is 0. The summed E-state index contributed by atoms with van der Waals surface area (Å²) in [5.41, 5.74) is 21.1. The second-order valence-corrected chi connectivity index (χ2v) is 26.1. The van der Waals surface area contributed by atoms with Crippen LogP contribution < -0.4 is 31.1 Å². The van der Waals surface area contributed by atoms with E-state index in [9.17, 15) is 0 Å². The molecule has 346 valence electrons. The van der Waals surface area contributed by atoms with E-state index in [1.54, 1.807) is 0 Å². The van der Waals surface area contributed by atoms with Gasteiger partial charge in [0, 0.05) is 57.2 Å². The first-order valence-corrected chi connectivity index (χ1v) is 25.5. The first kappa shape index (κ1) is 44.4. The highest BCUT2D eigenvalue weighted by Gasteiger charge is 2.53. The summed E-state index contributed by atoms with van der Waals surface area (Å²) in [6, 6.07) is 38.8. The summed E-state index contributed by atoms with van der Waals surface area (Å²) in [5, 5.41) is 0. The standard InChI is InChI=1S/C62H74BN3O/c1-37-38(2)64(48-20-18-17-19-44(37)48)43-35-50-53-51(36-43)66(42-26-27-45-46(34-42)60(11,12)30-29-59(45,9)10)56-54(52-55(67-56)62(15,16)32-31-61(52,13)14)63(53)47-33-40(58(6,7)8)23-28-49(47)65(50)41-24-21-39(22-25-41)57(3,4)5/h17-28,33-38H,29-32H2,1-16H3. The molecule has 0 bridgehead atoms. The smallest absolute Gasteiger partial charge is 0.256 e. The molecule has 4 nitrogen and oxygen atoms in total. The van der Waals surface area contributed by atoms with Gasteiger partial charge in [0.25, 0.3) is 6.71 Å². The number of nitrogens with zero attached hydrogens (tertiary/aromatic N) is 3. The quantitative estimate of drug-likeness (QED) is 0.165. The van der Waals surface area contributed by atoms with Crippen molar-refractivity contribution >= 4 is 68.8 Å². The van der Waals surface area contributed by atoms with Gasteiger partial charge in [-0.3, -0.25) is 4.90 Å². The van der Waals surface area contributed by atoms with Crippen LogP contribution in [-0.4, -0.2) is 12.8 Å². The molecule has 0 fully saturated rings. The number of benzene rings is 5. The van der Waals surface area contributed by atoms with Gasteiger partial charge in [0.05, 0.1) is 0 Å². The van der Waals surface area contributed by atoms with E-state index in [1.807, 2.05) is 0 Å². The summed E-state index contributed by atoms with van der Waals surface area (Å²) >= 11 is 0. The highest BCUT2D eigenvalue weighted by molar-refractivity contribution is 7.00. The van der Waals surface area contributed by atoms with Crippen molar-refractivity contribution in [3.05, 3.63) is 136 Å². The minimum absolute atomic E-state index is 0.0383. The van der Waals surface area contributed by atoms with E-state index >= 15 is 0 Å².